The normalized spacial score (nSPS) is 17.4. The van der Waals surface area contributed by atoms with Gasteiger partial charge in [0.1, 0.15) is 0 Å². The van der Waals surface area contributed by atoms with E-state index in [2.05, 4.69) is 6.07 Å². The summed E-state index contributed by atoms with van der Waals surface area (Å²) >= 11 is 1.31. The SMILES string of the molecule is Cc1sc(=O)n(CC2(CC#N)CC2)c1C. The lowest BCUT2D eigenvalue weighted by Gasteiger charge is -2.12. The molecule has 0 bridgehead atoms. The Morgan fingerprint density at radius 3 is 2.60 bits per heavy atom. The van der Waals surface area contributed by atoms with E-state index < -0.39 is 0 Å². The molecule has 0 spiro atoms. The summed E-state index contributed by atoms with van der Waals surface area (Å²) in [4.78, 5) is 12.9. The summed E-state index contributed by atoms with van der Waals surface area (Å²) < 4.78 is 1.84. The lowest BCUT2D eigenvalue weighted by molar-refractivity contribution is 0.422. The zero-order valence-corrected chi connectivity index (χ0v) is 9.86. The Balaban J connectivity index is 2.25. The Labute approximate surface area is 93.0 Å². The maximum absolute atomic E-state index is 11.7. The van der Waals surface area contributed by atoms with E-state index in [-0.39, 0.29) is 10.3 Å². The van der Waals surface area contributed by atoms with Gasteiger partial charge in [0.05, 0.1) is 6.07 Å². The lowest BCUT2D eigenvalue weighted by Crippen LogP contribution is -2.21. The molecule has 0 N–H and O–H groups in total. The van der Waals surface area contributed by atoms with E-state index in [1.54, 1.807) is 0 Å². The molecule has 1 aliphatic rings. The van der Waals surface area contributed by atoms with Crippen molar-refractivity contribution in [2.24, 2.45) is 5.41 Å². The zero-order chi connectivity index (χ0) is 11.1. The van der Waals surface area contributed by atoms with Gasteiger partial charge < -0.3 is 4.57 Å². The molecule has 0 radical (unpaired) electrons. The Bertz CT molecular complexity index is 474. The van der Waals surface area contributed by atoms with Crippen LogP contribution in [0.4, 0.5) is 0 Å². The Kier molecular flexibility index (Phi) is 2.43. The second-order valence-corrected chi connectivity index (χ2v) is 5.60. The minimum absolute atomic E-state index is 0.108. The Morgan fingerprint density at radius 2 is 2.20 bits per heavy atom. The quantitative estimate of drug-likeness (QED) is 0.787. The average Bonchev–Trinajstić information content (AvgIpc) is 2.89. The highest BCUT2D eigenvalue weighted by Gasteiger charge is 2.43. The molecule has 0 atom stereocenters. The van der Waals surface area contributed by atoms with Crippen LogP contribution in [0.1, 0.15) is 29.8 Å². The van der Waals surface area contributed by atoms with Crippen LogP contribution in [0.5, 0.6) is 0 Å². The van der Waals surface area contributed by atoms with Crippen LogP contribution in [-0.2, 0) is 6.54 Å². The highest BCUT2D eigenvalue weighted by atomic mass is 32.1. The van der Waals surface area contributed by atoms with Crippen LogP contribution in [0.15, 0.2) is 4.79 Å². The van der Waals surface area contributed by atoms with E-state index in [1.165, 1.54) is 11.3 Å². The molecule has 0 aromatic carbocycles. The van der Waals surface area contributed by atoms with E-state index >= 15 is 0 Å². The molecule has 3 nitrogen and oxygen atoms in total. The van der Waals surface area contributed by atoms with Gasteiger partial charge in [-0.15, -0.1) is 0 Å². The van der Waals surface area contributed by atoms with Crippen molar-refractivity contribution in [3.63, 3.8) is 0 Å². The van der Waals surface area contributed by atoms with E-state index in [1.807, 2.05) is 18.4 Å². The highest BCUT2D eigenvalue weighted by Crippen LogP contribution is 2.50. The summed E-state index contributed by atoms with van der Waals surface area (Å²) in [7, 11) is 0. The van der Waals surface area contributed by atoms with Crippen molar-refractivity contribution in [2.45, 2.75) is 39.7 Å². The molecule has 1 heterocycles. The minimum atomic E-state index is 0.108. The van der Waals surface area contributed by atoms with Crippen LogP contribution in [0.3, 0.4) is 0 Å². The molecule has 0 saturated heterocycles. The van der Waals surface area contributed by atoms with Gasteiger partial charge in [0.15, 0.2) is 0 Å². The summed E-state index contributed by atoms with van der Waals surface area (Å²) in [6.45, 7) is 4.69. The van der Waals surface area contributed by atoms with Crippen LogP contribution >= 0.6 is 11.3 Å². The predicted molar refractivity (Wildman–Crippen MR) is 60.0 cm³/mol. The molecular weight excluding hydrogens is 208 g/mol. The first-order chi connectivity index (χ1) is 7.08. The number of hydrogen-bond donors (Lipinski definition) is 0. The Morgan fingerprint density at radius 1 is 1.53 bits per heavy atom. The van der Waals surface area contributed by atoms with Crippen molar-refractivity contribution in [1.29, 1.82) is 5.26 Å². The van der Waals surface area contributed by atoms with Gasteiger partial charge in [-0.3, -0.25) is 4.79 Å². The fraction of sp³-hybridized carbons (Fsp3) is 0.636. The summed E-state index contributed by atoms with van der Waals surface area (Å²) in [5.41, 5.74) is 1.17. The van der Waals surface area contributed by atoms with Gasteiger partial charge in [-0.1, -0.05) is 11.3 Å². The van der Waals surface area contributed by atoms with Crippen molar-refractivity contribution in [1.82, 2.24) is 4.57 Å². The summed E-state index contributed by atoms with van der Waals surface area (Å²) in [5.74, 6) is 0. The van der Waals surface area contributed by atoms with Crippen molar-refractivity contribution >= 4 is 11.3 Å². The third-order valence-electron chi connectivity index (χ3n) is 3.28. The third kappa shape index (κ3) is 1.84. The van der Waals surface area contributed by atoms with Gasteiger partial charge in [-0.25, -0.2) is 0 Å². The van der Waals surface area contributed by atoms with Crippen LogP contribution in [0.25, 0.3) is 0 Å². The van der Waals surface area contributed by atoms with Gasteiger partial charge in [-0.05, 0) is 26.7 Å². The molecule has 1 aromatic rings. The van der Waals surface area contributed by atoms with Gasteiger partial charge in [0.2, 0.25) is 0 Å². The van der Waals surface area contributed by atoms with Gasteiger partial charge in [-0.2, -0.15) is 5.26 Å². The molecule has 0 amide bonds. The second-order valence-electron chi connectivity index (χ2n) is 4.43. The van der Waals surface area contributed by atoms with Crippen molar-refractivity contribution in [3.05, 3.63) is 20.2 Å². The molecule has 1 fully saturated rings. The number of aromatic nitrogens is 1. The summed E-state index contributed by atoms with van der Waals surface area (Å²) in [5, 5.41) is 8.73. The first-order valence-electron chi connectivity index (χ1n) is 5.12. The van der Waals surface area contributed by atoms with Crippen molar-refractivity contribution in [2.75, 3.05) is 0 Å². The highest BCUT2D eigenvalue weighted by molar-refractivity contribution is 7.09. The topological polar surface area (TPSA) is 45.8 Å². The zero-order valence-electron chi connectivity index (χ0n) is 9.04. The molecule has 0 unspecified atom stereocenters. The molecule has 0 aliphatic heterocycles. The number of thiazole rings is 1. The van der Waals surface area contributed by atoms with Crippen molar-refractivity contribution < 1.29 is 0 Å². The van der Waals surface area contributed by atoms with E-state index in [9.17, 15) is 4.79 Å². The largest absolute Gasteiger partial charge is 0.307 e. The van der Waals surface area contributed by atoms with Gasteiger partial charge in [0.25, 0.3) is 0 Å². The smallest absolute Gasteiger partial charge is 0.302 e. The maximum Gasteiger partial charge on any atom is 0.307 e. The summed E-state index contributed by atoms with van der Waals surface area (Å²) in [6, 6.07) is 2.22. The number of hydrogen-bond acceptors (Lipinski definition) is 3. The summed E-state index contributed by atoms with van der Waals surface area (Å²) in [6.07, 6.45) is 2.75. The van der Waals surface area contributed by atoms with E-state index in [0.717, 1.165) is 30.0 Å². The van der Waals surface area contributed by atoms with Crippen LogP contribution in [-0.4, -0.2) is 4.57 Å². The molecule has 1 aliphatic carbocycles. The number of aryl methyl sites for hydroxylation is 1. The van der Waals surface area contributed by atoms with Crippen LogP contribution in [0.2, 0.25) is 0 Å². The second kappa shape index (κ2) is 3.49. The molecule has 1 saturated carbocycles. The molecule has 15 heavy (non-hydrogen) atoms. The minimum Gasteiger partial charge on any atom is -0.302 e. The molecule has 2 rings (SSSR count). The maximum atomic E-state index is 11.7. The van der Waals surface area contributed by atoms with Crippen LogP contribution in [0, 0.1) is 30.6 Å². The van der Waals surface area contributed by atoms with Crippen molar-refractivity contribution in [3.8, 4) is 6.07 Å². The first kappa shape index (κ1) is 10.4. The number of nitrogens with zero attached hydrogens (tertiary/aromatic N) is 2. The first-order valence-corrected chi connectivity index (χ1v) is 5.93. The van der Waals surface area contributed by atoms with Gasteiger partial charge in [0, 0.05) is 29.0 Å². The molecule has 1 aromatic heterocycles. The molecular formula is C11H14N2OS. The van der Waals surface area contributed by atoms with Crippen LogP contribution < -0.4 is 4.87 Å². The van der Waals surface area contributed by atoms with E-state index in [0.29, 0.717) is 6.42 Å². The number of rotatable bonds is 3. The van der Waals surface area contributed by atoms with Gasteiger partial charge >= 0.3 is 4.87 Å². The number of nitriles is 1. The standard InChI is InChI=1S/C11H14N2OS/c1-8-9(2)15-10(14)13(8)7-11(3-4-11)5-6-12/h3-5,7H2,1-2H3. The fourth-order valence-corrected chi connectivity index (χ4v) is 2.67. The van der Waals surface area contributed by atoms with E-state index in [4.69, 9.17) is 5.26 Å². The average molecular weight is 222 g/mol. The predicted octanol–water partition coefficient (Wildman–Crippen LogP) is 2.22. The third-order valence-corrected chi connectivity index (χ3v) is 4.28. The lowest BCUT2D eigenvalue weighted by atomic mass is 10.0. The monoisotopic (exact) mass is 222 g/mol. The fourth-order valence-electron chi connectivity index (χ4n) is 1.84. The molecule has 80 valence electrons. The Hall–Kier alpha value is -1.08. The molecule has 4 heteroatoms.